The number of benzene rings is 1. The number of aryl methyl sites for hydroxylation is 2. The van der Waals surface area contributed by atoms with Gasteiger partial charge in [0.15, 0.2) is 0 Å². The topological polar surface area (TPSA) is 61.2 Å². The SMILES string of the molecule is COc1ccc(C)cc1S(=O)(=O)n1ccc(C)n1. The second kappa shape index (κ2) is 4.45. The maximum atomic E-state index is 12.4. The van der Waals surface area contributed by atoms with Gasteiger partial charge in [0.05, 0.1) is 12.8 Å². The van der Waals surface area contributed by atoms with Gasteiger partial charge in [0.25, 0.3) is 10.0 Å². The summed E-state index contributed by atoms with van der Waals surface area (Å²) in [4.78, 5) is 0.119. The maximum absolute atomic E-state index is 12.4. The molecule has 18 heavy (non-hydrogen) atoms. The van der Waals surface area contributed by atoms with Gasteiger partial charge in [-0.1, -0.05) is 6.07 Å². The summed E-state index contributed by atoms with van der Waals surface area (Å²) < 4.78 is 30.9. The van der Waals surface area contributed by atoms with E-state index in [-0.39, 0.29) is 4.90 Å². The van der Waals surface area contributed by atoms with Crippen LogP contribution in [0.2, 0.25) is 0 Å². The fourth-order valence-electron chi connectivity index (χ4n) is 1.61. The Bertz CT molecular complexity index is 674. The van der Waals surface area contributed by atoms with Crippen LogP contribution < -0.4 is 4.74 Å². The molecule has 0 fully saturated rings. The fourth-order valence-corrected chi connectivity index (χ4v) is 3.01. The van der Waals surface area contributed by atoms with Crippen molar-refractivity contribution in [2.24, 2.45) is 0 Å². The van der Waals surface area contributed by atoms with E-state index in [1.165, 1.54) is 13.3 Å². The lowest BCUT2D eigenvalue weighted by molar-refractivity contribution is 0.402. The Hall–Kier alpha value is -1.82. The fraction of sp³-hybridized carbons (Fsp3) is 0.250. The average molecular weight is 266 g/mol. The van der Waals surface area contributed by atoms with E-state index in [1.54, 1.807) is 31.2 Å². The van der Waals surface area contributed by atoms with Gasteiger partial charge < -0.3 is 4.74 Å². The molecule has 0 aliphatic heterocycles. The first-order valence-electron chi connectivity index (χ1n) is 5.37. The summed E-state index contributed by atoms with van der Waals surface area (Å²) in [5.74, 6) is 0.314. The highest BCUT2D eigenvalue weighted by Gasteiger charge is 2.22. The molecule has 0 aliphatic rings. The van der Waals surface area contributed by atoms with Crippen LogP contribution in [0.5, 0.6) is 5.75 Å². The summed E-state index contributed by atoms with van der Waals surface area (Å²) in [7, 11) is -2.26. The standard InChI is InChI=1S/C12H14N2O3S/c1-9-4-5-11(17-3)12(8-9)18(15,16)14-7-6-10(2)13-14/h4-8H,1-3H3. The lowest BCUT2D eigenvalue weighted by Crippen LogP contribution is -2.15. The zero-order valence-electron chi connectivity index (χ0n) is 10.4. The molecule has 0 atom stereocenters. The molecule has 0 bridgehead atoms. The zero-order valence-corrected chi connectivity index (χ0v) is 11.2. The van der Waals surface area contributed by atoms with Gasteiger partial charge in [0, 0.05) is 6.20 Å². The number of ether oxygens (including phenoxy) is 1. The molecule has 0 unspecified atom stereocenters. The van der Waals surface area contributed by atoms with Crippen molar-refractivity contribution in [1.82, 2.24) is 9.19 Å². The van der Waals surface area contributed by atoms with E-state index in [4.69, 9.17) is 4.74 Å². The van der Waals surface area contributed by atoms with Crippen molar-refractivity contribution in [2.75, 3.05) is 7.11 Å². The van der Waals surface area contributed by atoms with Crippen LogP contribution in [0.4, 0.5) is 0 Å². The first-order chi connectivity index (χ1) is 8.45. The van der Waals surface area contributed by atoms with Crippen LogP contribution in [-0.4, -0.2) is 24.7 Å². The molecule has 2 aromatic rings. The Morgan fingerprint density at radius 2 is 1.94 bits per heavy atom. The van der Waals surface area contributed by atoms with Crippen LogP contribution >= 0.6 is 0 Å². The van der Waals surface area contributed by atoms with Gasteiger partial charge in [0.1, 0.15) is 10.6 Å². The van der Waals surface area contributed by atoms with E-state index in [0.29, 0.717) is 11.4 Å². The van der Waals surface area contributed by atoms with Crippen molar-refractivity contribution < 1.29 is 13.2 Å². The van der Waals surface area contributed by atoms with Crippen molar-refractivity contribution in [3.8, 4) is 5.75 Å². The second-order valence-corrected chi connectivity index (χ2v) is 5.75. The van der Waals surface area contributed by atoms with E-state index in [0.717, 1.165) is 9.65 Å². The smallest absolute Gasteiger partial charge is 0.286 e. The van der Waals surface area contributed by atoms with Crippen molar-refractivity contribution in [2.45, 2.75) is 18.7 Å². The molecule has 0 saturated heterocycles. The summed E-state index contributed by atoms with van der Waals surface area (Å²) in [6.07, 6.45) is 1.42. The van der Waals surface area contributed by atoms with E-state index >= 15 is 0 Å². The summed E-state index contributed by atoms with van der Waals surface area (Å²) >= 11 is 0. The van der Waals surface area contributed by atoms with Crippen LogP contribution in [-0.2, 0) is 10.0 Å². The van der Waals surface area contributed by atoms with Crippen LogP contribution in [0.25, 0.3) is 0 Å². The maximum Gasteiger partial charge on any atom is 0.286 e. The van der Waals surface area contributed by atoms with Gasteiger partial charge in [-0.3, -0.25) is 0 Å². The number of hydrogen-bond donors (Lipinski definition) is 0. The minimum atomic E-state index is -3.70. The van der Waals surface area contributed by atoms with Gasteiger partial charge >= 0.3 is 0 Å². The highest BCUT2D eigenvalue weighted by atomic mass is 32.2. The number of methoxy groups -OCH3 is 1. The molecule has 1 aromatic carbocycles. The summed E-state index contributed by atoms with van der Waals surface area (Å²) in [5, 5.41) is 3.94. The Balaban J connectivity index is 2.64. The monoisotopic (exact) mass is 266 g/mol. The number of nitrogens with zero attached hydrogens (tertiary/aromatic N) is 2. The third kappa shape index (κ3) is 2.11. The van der Waals surface area contributed by atoms with Gasteiger partial charge in [-0.05, 0) is 37.6 Å². The first-order valence-corrected chi connectivity index (χ1v) is 6.81. The number of hydrogen-bond acceptors (Lipinski definition) is 4. The van der Waals surface area contributed by atoms with Crippen molar-refractivity contribution >= 4 is 10.0 Å². The molecule has 0 spiro atoms. The van der Waals surface area contributed by atoms with Crippen LogP contribution in [0.15, 0.2) is 35.4 Å². The molecule has 5 nitrogen and oxygen atoms in total. The lowest BCUT2D eigenvalue weighted by atomic mass is 10.2. The Morgan fingerprint density at radius 1 is 1.22 bits per heavy atom. The normalized spacial score (nSPS) is 11.5. The molecule has 2 rings (SSSR count). The van der Waals surface area contributed by atoms with Gasteiger partial charge in [-0.15, -0.1) is 0 Å². The highest BCUT2D eigenvalue weighted by Crippen LogP contribution is 2.26. The summed E-state index contributed by atoms with van der Waals surface area (Å²) in [5.41, 5.74) is 1.49. The molecule has 1 aromatic heterocycles. The molecule has 0 saturated carbocycles. The molecule has 0 amide bonds. The third-order valence-corrected chi connectivity index (χ3v) is 4.11. The quantitative estimate of drug-likeness (QED) is 0.849. The lowest BCUT2D eigenvalue weighted by Gasteiger charge is -2.10. The van der Waals surface area contributed by atoms with Crippen LogP contribution in [0.3, 0.4) is 0 Å². The number of aromatic nitrogens is 2. The molecule has 1 heterocycles. The van der Waals surface area contributed by atoms with E-state index in [2.05, 4.69) is 5.10 Å². The molecule has 96 valence electrons. The molecular formula is C12H14N2O3S. The second-order valence-electron chi connectivity index (χ2n) is 3.99. The Labute approximate surface area is 106 Å². The molecule has 0 N–H and O–H groups in total. The predicted octanol–water partition coefficient (Wildman–Crippen LogP) is 1.75. The predicted molar refractivity (Wildman–Crippen MR) is 67.3 cm³/mol. The van der Waals surface area contributed by atoms with E-state index < -0.39 is 10.0 Å². The largest absolute Gasteiger partial charge is 0.495 e. The summed E-state index contributed by atoms with van der Waals surface area (Å²) in [6.45, 7) is 3.56. The molecular weight excluding hydrogens is 252 g/mol. The Morgan fingerprint density at radius 3 is 2.50 bits per heavy atom. The molecule has 0 radical (unpaired) electrons. The first kappa shape index (κ1) is 12.6. The summed E-state index contributed by atoms with van der Waals surface area (Å²) in [6, 6.07) is 6.65. The zero-order chi connectivity index (χ0) is 13.3. The van der Waals surface area contributed by atoms with E-state index in [9.17, 15) is 8.42 Å². The minimum Gasteiger partial charge on any atom is -0.495 e. The van der Waals surface area contributed by atoms with E-state index in [1.807, 2.05) is 6.92 Å². The van der Waals surface area contributed by atoms with Crippen LogP contribution in [0.1, 0.15) is 11.3 Å². The van der Waals surface area contributed by atoms with Crippen molar-refractivity contribution in [3.63, 3.8) is 0 Å². The van der Waals surface area contributed by atoms with Crippen LogP contribution in [0, 0.1) is 13.8 Å². The third-order valence-electron chi connectivity index (χ3n) is 2.54. The Kier molecular flexibility index (Phi) is 3.13. The van der Waals surface area contributed by atoms with Gasteiger partial charge in [-0.25, -0.2) is 0 Å². The molecule has 6 heteroatoms. The van der Waals surface area contributed by atoms with Crippen molar-refractivity contribution in [1.29, 1.82) is 0 Å². The average Bonchev–Trinajstić information content (AvgIpc) is 2.76. The molecule has 0 aliphatic carbocycles. The van der Waals surface area contributed by atoms with Gasteiger partial charge in [-0.2, -0.15) is 17.6 Å². The minimum absolute atomic E-state index is 0.119. The number of rotatable bonds is 3. The van der Waals surface area contributed by atoms with Crippen molar-refractivity contribution in [3.05, 3.63) is 41.7 Å². The highest BCUT2D eigenvalue weighted by molar-refractivity contribution is 7.90. The van der Waals surface area contributed by atoms with Gasteiger partial charge in [0.2, 0.25) is 0 Å².